The standard InChI is InChI=1S/C28H35FN4O4S/c1-20-8-5-6-13-25(20)26(27(34)30-23-10-3-2-4-11-23)33(24-12-7-9-22(29)18-24)28(35)21-14-15-32(19-21)38(36,37)31-16-17-31/h5-9,12-13,18,21,23,26H,2-4,10-11,14-17,19H2,1H3,(H,30,34)/t21-,26+/m0/s1. The number of nitrogens with one attached hydrogen (secondary N) is 1. The van der Waals surface area contributed by atoms with E-state index in [0.717, 1.165) is 37.7 Å². The molecule has 0 spiro atoms. The van der Waals surface area contributed by atoms with Gasteiger partial charge in [-0.3, -0.25) is 14.5 Å². The van der Waals surface area contributed by atoms with Gasteiger partial charge in [-0.05, 0) is 55.5 Å². The van der Waals surface area contributed by atoms with Gasteiger partial charge in [-0.1, -0.05) is 49.6 Å². The zero-order valence-corrected chi connectivity index (χ0v) is 22.5. The first-order valence-corrected chi connectivity index (χ1v) is 14.8. The van der Waals surface area contributed by atoms with Gasteiger partial charge in [0.1, 0.15) is 11.9 Å². The molecule has 1 saturated carbocycles. The predicted octanol–water partition coefficient (Wildman–Crippen LogP) is 3.54. The van der Waals surface area contributed by atoms with Crippen molar-refractivity contribution in [3.05, 3.63) is 65.5 Å². The van der Waals surface area contributed by atoms with Crippen LogP contribution in [0.4, 0.5) is 10.1 Å². The van der Waals surface area contributed by atoms with Crippen LogP contribution in [-0.4, -0.2) is 61.1 Å². The van der Waals surface area contributed by atoms with Crippen molar-refractivity contribution in [1.82, 2.24) is 13.9 Å². The van der Waals surface area contributed by atoms with Crippen LogP contribution < -0.4 is 10.2 Å². The van der Waals surface area contributed by atoms with E-state index in [9.17, 15) is 22.4 Å². The molecule has 3 aliphatic rings. The number of benzene rings is 2. The summed E-state index contributed by atoms with van der Waals surface area (Å²) in [4.78, 5) is 29.6. The van der Waals surface area contributed by atoms with Gasteiger partial charge in [-0.25, -0.2) is 4.39 Å². The van der Waals surface area contributed by atoms with E-state index in [1.807, 2.05) is 31.2 Å². The molecule has 1 aliphatic carbocycles. The normalized spacial score (nSPS) is 21.7. The first-order valence-electron chi connectivity index (χ1n) is 13.5. The van der Waals surface area contributed by atoms with Gasteiger partial charge in [0, 0.05) is 37.9 Å². The van der Waals surface area contributed by atoms with Gasteiger partial charge >= 0.3 is 0 Å². The monoisotopic (exact) mass is 542 g/mol. The van der Waals surface area contributed by atoms with Gasteiger partial charge in [-0.15, -0.1) is 0 Å². The number of hydrogen-bond acceptors (Lipinski definition) is 4. The Bertz CT molecular complexity index is 1290. The summed E-state index contributed by atoms with van der Waals surface area (Å²) in [5, 5.41) is 3.17. The van der Waals surface area contributed by atoms with E-state index in [1.54, 1.807) is 6.07 Å². The minimum Gasteiger partial charge on any atom is -0.351 e. The van der Waals surface area contributed by atoms with Crippen molar-refractivity contribution in [2.24, 2.45) is 5.92 Å². The Morgan fingerprint density at radius 3 is 2.39 bits per heavy atom. The summed E-state index contributed by atoms with van der Waals surface area (Å²) < 4.78 is 42.8. The van der Waals surface area contributed by atoms with Crippen LogP contribution in [0.2, 0.25) is 0 Å². The third-order valence-electron chi connectivity index (χ3n) is 7.82. The number of halogens is 1. The molecule has 2 atom stereocenters. The van der Waals surface area contributed by atoms with E-state index in [0.29, 0.717) is 25.1 Å². The lowest BCUT2D eigenvalue weighted by Crippen LogP contribution is -2.49. The second kappa shape index (κ2) is 11.1. The molecule has 1 N–H and O–H groups in total. The Hall–Kier alpha value is -2.82. The smallest absolute Gasteiger partial charge is 0.282 e. The summed E-state index contributed by atoms with van der Waals surface area (Å²) in [6, 6.07) is 12.1. The summed E-state index contributed by atoms with van der Waals surface area (Å²) in [5.74, 6) is -1.86. The van der Waals surface area contributed by atoms with Crippen molar-refractivity contribution < 1.29 is 22.4 Å². The molecule has 38 heavy (non-hydrogen) atoms. The van der Waals surface area contributed by atoms with E-state index in [-0.39, 0.29) is 36.6 Å². The van der Waals surface area contributed by atoms with Crippen LogP contribution >= 0.6 is 0 Å². The summed E-state index contributed by atoms with van der Waals surface area (Å²) in [6.07, 6.45) is 5.31. The number of carbonyl (C=O) groups excluding carboxylic acids is 2. The molecular weight excluding hydrogens is 507 g/mol. The van der Waals surface area contributed by atoms with E-state index in [1.165, 1.54) is 31.7 Å². The zero-order valence-electron chi connectivity index (χ0n) is 21.7. The van der Waals surface area contributed by atoms with Crippen molar-refractivity contribution in [3.8, 4) is 0 Å². The predicted molar refractivity (Wildman–Crippen MR) is 143 cm³/mol. The SMILES string of the molecule is Cc1ccccc1[C@H](C(=O)NC1CCCCC1)N(C(=O)[C@H]1CCN(S(=O)(=O)N2CC2)C1)c1cccc(F)c1. The lowest BCUT2D eigenvalue weighted by Gasteiger charge is -2.35. The number of aryl methyl sites for hydroxylation is 1. The average molecular weight is 543 g/mol. The summed E-state index contributed by atoms with van der Waals surface area (Å²) in [7, 11) is -3.59. The third kappa shape index (κ3) is 5.62. The van der Waals surface area contributed by atoms with Crippen LogP contribution in [0.15, 0.2) is 48.5 Å². The number of nitrogens with zero attached hydrogens (tertiary/aromatic N) is 3. The highest BCUT2D eigenvalue weighted by molar-refractivity contribution is 7.87. The fraction of sp³-hybridized carbons (Fsp3) is 0.500. The zero-order chi connectivity index (χ0) is 26.9. The number of amides is 2. The Balaban J connectivity index is 1.52. The molecule has 2 aromatic carbocycles. The second-order valence-electron chi connectivity index (χ2n) is 10.5. The first-order chi connectivity index (χ1) is 18.3. The minimum absolute atomic E-state index is 0.0203. The number of carbonyl (C=O) groups is 2. The van der Waals surface area contributed by atoms with Crippen molar-refractivity contribution in [1.29, 1.82) is 0 Å². The van der Waals surface area contributed by atoms with Crippen LogP contribution in [0.3, 0.4) is 0 Å². The molecular formula is C28H35FN4O4S. The molecule has 0 bridgehead atoms. The van der Waals surface area contributed by atoms with Crippen molar-refractivity contribution in [3.63, 3.8) is 0 Å². The highest BCUT2D eigenvalue weighted by Gasteiger charge is 2.45. The number of rotatable bonds is 8. The van der Waals surface area contributed by atoms with Crippen molar-refractivity contribution in [2.75, 3.05) is 31.1 Å². The maximum atomic E-state index is 14.5. The van der Waals surface area contributed by atoms with Crippen molar-refractivity contribution >= 4 is 27.7 Å². The molecule has 2 amide bonds. The Morgan fingerprint density at radius 1 is 0.974 bits per heavy atom. The Morgan fingerprint density at radius 2 is 1.71 bits per heavy atom. The van der Waals surface area contributed by atoms with E-state index >= 15 is 0 Å². The molecule has 2 saturated heterocycles. The van der Waals surface area contributed by atoms with Crippen LogP contribution in [-0.2, 0) is 19.8 Å². The molecule has 204 valence electrons. The quantitative estimate of drug-likeness (QED) is 0.517. The fourth-order valence-electron chi connectivity index (χ4n) is 5.62. The highest BCUT2D eigenvalue weighted by Crippen LogP contribution is 2.35. The van der Waals surface area contributed by atoms with E-state index < -0.39 is 28.0 Å². The van der Waals surface area contributed by atoms with E-state index in [4.69, 9.17) is 0 Å². The molecule has 2 aromatic rings. The fourth-order valence-corrected chi connectivity index (χ4v) is 7.19. The molecule has 0 unspecified atom stereocenters. The van der Waals surface area contributed by atoms with Gasteiger partial charge in [0.15, 0.2) is 0 Å². The number of anilines is 1. The van der Waals surface area contributed by atoms with Gasteiger partial charge in [-0.2, -0.15) is 17.0 Å². The molecule has 10 heteroatoms. The van der Waals surface area contributed by atoms with Gasteiger partial charge in [0.05, 0.1) is 5.92 Å². The van der Waals surface area contributed by atoms with Crippen LogP contribution in [0, 0.1) is 18.7 Å². The van der Waals surface area contributed by atoms with Gasteiger partial charge < -0.3 is 5.32 Å². The van der Waals surface area contributed by atoms with E-state index in [2.05, 4.69) is 5.32 Å². The molecule has 3 fully saturated rings. The molecule has 2 heterocycles. The van der Waals surface area contributed by atoms with Crippen LogP contribution in [0.5, 0.6) is 0 Å². The third-order valence-corrected chi connectivity index (χ3v) is 9.83. The minimum atomic E-state index is -3.59. The lowest BCUT2D eigenvalue weighted by molar-refractivity contribution is -0.128. The first kappa shape index (κ1) is 26.8. The van der Waals surface area contributed by atoms with Crippen molar-refractivity contribution in [2.45, 2.75) is 57.5 Å². The molecule has 0 radical (unpaired) electrons. The second-order valence-corrected chi connectivity index (χ2v) is 12.5. The van der Waals surface area contributed by atoms with Crippen LogP contribution in [0.25, 0.3) is 0 Å². The lowest BCUT2D eigenvalue weighted by atomic mass is 9.93. The maximum Gasteiger partial charge on any atom is 0.282 e. The highest BCUT2D eigenvalue weighted by atomic mass is 32.2. The Kier molecular flexibility index (Phi) is 7.83. The van der Waals surface area contributed by atoms with Crippen LogP contribution in [0.1, 0.15) is 55.7 Å². The molecule has 5 rings (SSSR count). The van der Waals surface area contributed by atoms with Gasteiger partial charge in [0.25, 0.3) is 10.2 Å². The largest absolute Gasteiger partial charge is 0.351 e. The number of hydrogen-bond donors (Lipinski definition) is 1. The Labute approximate surface area is 224 Å². The maximum absolute atomic E-state index is 14.5. The average Bonchev–Trinajstić information content (AvgIpc) is 3.65. The molecule has 0 aromatic heterocycles. The summed E-state index contributed by atoms with van der Waals surface area (Å²) >= 11 is 0. The molecule has 2 aliphatic heterocycles. The molecule has 8 nitrogen and oxygen atoms in total. The van der Waals surface area contributed by atoms with Gasteiger partial charge in [0.2, 0.25) is 11.8 Å². The summed E-state index contributed by atoms with van der Waals surface area (Å²) in [6.45, 7) is 3.13. The summed E-state index contributed by atoms with van der Waals surface area (Å²) in [5.41, 5.74) is 1.77. The topological polar surface area (TPSA) is 89.8 Å².